The van der Waals surface area contributed by atoms with Gasteiger partial charge in [-0.2, -0.15) is 0 Å². The highest BCUT2D eigenvalue weighted by atomic mass is 19.4. The van der Waals surface area contributed by atoms with Crippen molar-refractivity contribution in [3.05, 3.63) is 29.8 Å². The van der Waals surface area contributed by atoms with Crippen LogP contribution in [0.15, 0.2) is 24.3 Å². The zero-order chi connectivity index (χ0) is 14.1. The molecule has 0 radical (unpaired) electrons. The highest BCUT2D eigenvalue weighted by Crippen LogP contribution is 2.47. The molecule has 106 valence electrons. The average molecular weight is 274 g/mol. The Labute approximate surface area is 110 Å². The molecule has 2 rings (SSSR count). The molecule has 0 aliphatic heterocycles. The maximum absolute atomic E-state index is 12.0. The fraction of sp³-hybridized carbons (Fsp3) is 0.571. The predicted octanol–water partition coefficient (Wildman–Crippen LogP) is 3.54. The standard InChI is InChI=1S/C14H17F3O2/c1-13(9-18,11-4-5-11)8-10-2-6-12(7-3-10)19-14(15,16)17/h2-3,6-7,11,18H,4-5,8-9H2,1H3. The van der Waals surface area contributed by atoms with Gasteiger partial charge in [-0.25, -0.2) is 0 Å². The van der Waals surface area contributed by atoms with Crippen molar-refractivity contribution >= 4 is 0 Å². The number of rotatable bonds is 5. The number of aliphatic hydroxyl groups is 1. The Balaban J connectivity index is 2.02. The normalized spacial score (nSPS) is 19.0. The summed E-state index contributed by atoms with van der Waals surface area (Å²) in [5, 5.41) is 9.49. The summed E-state index contributed by atoms with van der Waals surface area (Å²) in [7, 11) is 0. The van der Waals surface area contributed by atoms with Crippen LogP contribution in [0.4, 0.5) is 13.2 Å². The summed E-state index contributed by atoms with van der Waals surface area (Å²) in [4.78, 5) is 0. The van der Waals surface area contributed by atoms with E-state index >= 15 is 0 Å². The third-order valence-corrected chi connectivity index (χ3v) is 3.69. The number of hydrogen-bond donors (Lipinski definition) is 1. The zero-order valence-electron chi connectivity index (χ0n) is 10.7. The molecule has 0 spiro atoms. The van der Waals surface area contributed by atoms with E-state index in [-0.39, 0.29) is 17.8 Å². The lowest BCUT2D eigenvalue weighted by atomic mass is 9.80. The van der Waals surface area contributed by atoms with E-state index in [0.29, 0.717) is 12.3 Å². The zero-order valence-corrected chi connectivity index (χ0v) is 10.7. The topological polar surface area (TPSA) is 29.5 Å². The molecular weight excluding hydrogens is 257 g/mol. The largest absolute Gasteiger partial charge is 0.573 e. The molecule has 0 aromatic heterocycles. The lowest BCUT2D eigenvalue weighted by molar-refractivity contribution is -0.274. The van der Waals surface area contributed by atoms with Crippen LogP contribution >= 0.6 is 0 Å². The van der Waals surface area contributed by atoms with Crippen molar-refractivity contribution in [3.8, 4) is 5.75 Å². The first-order valence-electron chi connectivity index (χ1n) is 6.28. The van der Waals surface area contributed by atoms with Crippen molar-refractivity contribution < 1.29 is 23.0 Å². The Morgan fingerprint density at radius 1 is 1.21 bits per heavy atom. The van der Waals surface area contributed by atoms with Crippen LogP contribution in [-0.4, -0.2) is 18.1 Å². The van der Waals surface area contributed by atoms with Crippen molar-refractivity contribution in [2.24, 2.45) is 11.3 Å². The summed E-state index contributed by atoms with van der Waals surface area (Å²) < 4.78 is 39.9. The Hall–Kier alpha value is -1.23. The monoisotopic (exact) mass is 274 g/mol. The number of hydrogen-bond acceptors (Lipinski definition) is 2. The molecule has 1 aromatic carbocycles. The Kier molecular flexibility index (Phi) is 3.76. The summed E-state index contributed by atoms with van der Waals surface area (Å²) in [6.45, 7) is 2.11. The van der Waals surface area contributed by atoms with Gasteiger partial charge in [0, 0.05) is 6.61 Å². The lowest BCUT2D eigenvalue weighted by Gasteiger charge is -2.27. The molecule has 5 heteroatoms. The van der Waals surface area contributed by atoms with Crippen LogP contribution in [0.1, 0.15) is 25.3 Å². The van der Waals surface area contributed by atoms with Gasteiger partial charge in [-0.15, -0.1) is 13.2 Å². The third-order valence-electron chi connectivity index (χ3n) is 3.69. The molecule has 1 atom stereocenters. The van der Waals surface area contributed by atoms with Crippen LogP contribution < -0.4 is 4.74 Å². The minimum Gasteiger partial charge on any atom is -0.406 e. The fourth-order valence-corrected chi connectivity index (χ4v) is 2.38. The third kappa shape index (κ3) is 3.86. The second kappa shape index (κ2) is 5.04. The number of aliphatic hydroxyl groups excluding tert-OH is 1. The Morgan fingerprint density at radius 3 is 2.21 bits per heavy atom. The first kappa shape index (κ1) is 14.2. The SMILES string of the molecule is CC(CO)(Cc1ccc(OC(F)(F)F)cc1)C1CC1. The Bertz CT molecular complexity index is 423. The summed E-state index contributed by atoms with van der Waals surface area (Å²) in [5.74, 6) is 0.303. The van der Waals surface area contributed by atoms with Gasteiger partial charge in [-0.05, 0) is 48.3 Å². The van der Waals surface area contributed by atoms with E-state index in [4.69, 9.17) is 0 Å². The molecule has 1 aliphatic rings. The molecule has 1 fully saturated rings. The highest BCUT2D eigenvalue weighted by molar-refractivity contribution is 5.28. The number of ether oxygens (including phenoxy) is 1. The molecule has 0 saturated heterocycles. The number of halogens is 3. The molecule has 1 N–H and O–H groups in total. The maximum Gasteiger partial charge on any atom is 0.573 e. The van der Waals surface area contributed by atoms with E-state index in [1.165, 1.54) is 12.1 Å². The second-order valence-electron chi connectivity index (χ2n) is 5.45. The van der Waals surface area contributed by atoms with Gasteiger partial charge >= 0.3 is 6.36 Å². The summed E-state index contributed by atoms with van der Waals surface area (Å²) in [6.07, 6.45) is -1.76. The van der Waals surface area contributed by atoms with Crippen LogP contribution in [0.25, 0.3) is 0 Å². The quantitative estimate of drug-likeness (QED) is 0.890. The van der Waals surface area contributed by atoms with E-state index < -0.39 is 6.36 Å². The van der Waals surface area contributed by atoms with E-state index in [0.717, 1.165) is 18.4 Å². The van der Waals surface area contributed by atoms with Crippen LogP contribution in [0, 0.1) is 11.3 Å². The molecule has 1 unspecified atom stereocenters. The molecule has 1 saturated carbocycles. The average Bonchev–Trinajstić information content (AvgIpc) is 3.14. The second-order valence-corrected chi connectivity index (χ2v) is 5.45. The van der Waals surface area contributed by atoms with Gasteiger partial charge in [0.2, 0.25) is 0 Å². The van der Waals surface area contributed by atoms with Gasteiger partial charge in [0.25, 0.3) is 0 Å². The molecular formula is C14H17F3O2. The molecule has 0 amide bonds. The summed E-state index contributed by atoms with van der Waals surface area (Å²) >= 11 is 0. The predicted molar refractivity (Wildman–Crippen MR) is 64.7 cm³/mol. The van der Waals surface area contributed by atoms with E-state index in [9.17, 15) is 18.3 Å². The van der Waals surface area contributed by atoms with Crippen LogP contribution in [0.3, 0.4) is 0 Å². The fourth-order valence-electron chi connectivity index (χ4n) is 2.38. The van der Waals surface area contributed by atoms with Gasteiger partial charge in [-0.1, -0.05) is 19.1 Å². The van der Waals surface area contributed by atoms with Gasteiger partial charge in [0.15, 0.2) is 0 Å². The van der Waals surface area contributed by atoms with Crippen LogP contribution in [0.2, 0.25) is 0 Å². The smallest absolute Gasteiger partial charge is 0.406 e. The van der Waals surface area contributed by atoms with E-state index in [1.54, 1.807) is 12.1 Å². The van der Waals surface area contributed by atoms with Gasteiger partial charge < -0.3 is 9.84 Å². The van der Waals surface area contributed by atoms with Crippen LogP contribution in [0.5, 0.6) is 5.75 Å². The van der Waals surface area contributed by atoms with Gasteiger partial charge in [-0.3, -0.25) is 0 Å². The molecule has 19 heavy (non-hydrogen) atoms. The number of alkyl halides is 3. The van der Waals surface area contributed by atoms with Crippen molar-refractivity contribution in [2.45, 2.75) is 32.5 Å². The van der Waals surface area contributed by atoms with Crippen LogP contribution in [-0.2, 0) is 6.42 Å². The molecule has 0 bridgehead atoms. The van der Waals surface area contributed by atoms with E-state index in [2.05, 4.69) is 4.74 Å². The number of benzene rings is 1. The molecule has 0 heterocycles. The first-order chi connectivity index (χ1) is 8.82. The lowest BCUT2D eigenvalue weighted by Crippen LogP contribution is -2.26. The van der Waals surface area contributed by atoms with Gasteiger partial charge in [0.1, 0.15) is 5.75 Å². The van der Waals surface area contributed by atoms with Crippen molar-refractivity contribution in [1.82, 2.24) is 0 Å². The van der Waals surface area contributed by atoms with E-state index in [1.807, 2.05) is 6.92 Å². The molecule has 1 aromatic rings. The Morgan fingerprint density at radius 2 is 1.79 bits per heavy atom. The first-order valence-corrected chi connectivity index (χ1v) is 6.28. The molecule has 1 aliphatic carbocycles. The minimum absolute atomic E-state index is 0.0957. The van der Waals surface area contributed by atoms with Crippen molar-refractivity contribution in [2.75, 3.05) is 6.61 Å². The van der Waals surface area contributed by atoms with Gasteiger partial charge in [0.05, 0.1) is 0 Å². The van der Waals surface area contributed by atoms with Crippen molar-refractivity contribution in [1.29, 1.82) is 0 Å². The summed E-state index contributed by atoms with van der Waals surface area (Å²) in [5.41, 5.74) is 0.741. The minimum atomic E-state index is -4.66. The van der Waals surface area contributed by atoms with Crippen molar-refractivity contribution in [3.63, 3.8) is 0 Å². The molecule has 2 nitrogen and oxygen atoms in total. The summed E-state index contributed by atoms with van der Waals surface area (Å²) in [6, 6.07) is 5.87. The maximum atomic E-state index is 12.0. The highest BCUT2D eigenvalue weighted by Gasteiger charge is 2.40.